The van der Waals surface area contributed by atoms with Gasteiger partial charge < -0.3 is 9.52 Å². The van der Waals surface area contributed by atoms with Gasteiger partial charge in [-0.15, -0.1) is 0 Å². The maximum Gasteiger partial charge on any atom is 0.343 e. The van der Waals surface area contributed by atoms with Crippen LogP contribution in [0.5, 0.6) is 5.75 Å². The van der Waals surface area contributed by atoms with Gasteiger partial charge in [-0.3, -0.25) is 4.72 Å². The first kappa shape index (κ1) is 30.9. The first-order valence-electron chi connectivity index (χ1n) is 13.3. The molecular formula is C30H31FN2O7S2. The van der Waals surface area contributed by atoms with Crippen LogP contribution in [0.1, 0.15) is 49.5 Å². The number of anilines is 1. The molecule has 9 nitrogen and oxygen atoms in total. The van der Waals surface area contributed by atoms with E-state index in [1.807, 2.05) is 13.8 Å². The van der Waals surface area contributed by atoms with Gasteiger partial charge >= 0.3 is 5.63 Å². The molecule has 0 amide bonds. The van der Waals surface area contributed by atoms with Crippen LogP contribution in [-0.2, 0) is 26.6 Å². The second kappa shape index (κ2) is 12.9. The first-order valence-corrected chi connectivity index (χ1v) is 16.3. The van der Waals surface area contributed by atoms with Crippen LogP contribution < -0.4 is 15.1 Å². The van der Waals surface area contributed by atoms with Crippen molar-refractivity contribution in [2.24, 2.45) is 5.92 Å². The van der Waals surface area contributed by atoms with E-state index in [-0.39, 0.29) is 45.0 Å². The molecule has 0 spiro atoms. The molecule has 42 heavy (non-hydrogen) atoms. The molecule has 3 aromatic carbocycles. The van der Waals surface area contributed by atoms with E-state index in [0.29, 0.717) is 5.56 Å². The van der Waals surface area contributed by atoms with Gasteiger partial charge in [-0.25, -0.2) is 30.7 Å². The lowest BCUT2D eigenvalue weighted by Crippen LogP contribution is -2.24. The fraction of sp³-hybridized carbons (Fsp3) is 0.233. The zero-order chi connectivity index (χ0) is 30.5. The zero-order valence-corrected chi connectivity index (χ0v) is 24.6. The second-order valence-electron chi connectivity index (χ2n) is 9.44. The van der Waals surface area contributed by atoms with Gasteiger partial charge in [-0.2, -0.15) is 0 Å². The number of aromatic hydroxyl groups is 1. The largest absolute Gasteiger partial charge is 0.507 e. The minimum atomic E-state index is -4.00. The highest BCUT2D eigenvalue weighted by Gasteiger charge is 2.37. The van der Waals surface area contributed by atoms with Crippen molar-refractivity contribution in [2.75, 3.05) is 4.72 Å². The maximum absolute atomic E-state index is 13.2. The van der Waals surface area contributed by atoms with E-state index in [9.17, 15) is 31.1 Å². The average molecular weight is 615 g/mol. The summed E-state index contributed by atoms with van der Waals surface area (Å²) < 4.78 is 74.1. The van der Waals surface area contributed by atoms with Gasteiger partial charge in [0, 0.05) is 17.7 Å². The smallest absolute Gasteiger partial charge is 0.343 e. The minimum Gasteiger partial charge on any atom is -0.507 e. The van der Waals surface area contributed by atoms with Crippen molar-refractivity contribution < 1.29 is 30.7 Å². The van der Waals surface area contributed by atoms with E-state index in [1.165, 1.54) is 18.2 Å². The molecule has 3 N–H and O–H groups in total. The molecule has 1 unspecified atom stereocenters. The second-order valence-corrected chi connectivity index (χ2v) is 12.9. The molecule has 1 saturated carbocycles. The van der Waals surface area contributed by atoms with Gasteiger partial charge in [0.25, 0.3) is 10.0 Å². The standard InChI is InChI=1S/C28H25FN2O7S2.C2H6/c29-20-11-13-24(14-12-20)40(36,37)31-21-6-4-5-19(15-21)26(18-9-10-18)27-25(32)16-22(38-28(27)33)17-30-39(34,35)23-7-2-1-3-8-23;1-2/h1-8,11-16,18,26,30-32H,9-10,17H2;1-2H3. The van der Waals surface area contributed by atoms with Gasteiger partial charge in [-0.1, -0.05) is 44.2 Å². The van der Waals surface area contributed by atoms with E-state index < -0.39 is 37.4 Å². The van der Waals surface area contributed by atoms with Crippen molar-refractivity contribution in [3.05, 3.63) is 118 Å². The molecule has 12 heteroatoms. The Hall–Kier alpha value is -4.00. The molecule has 5 rings (SSSR count). The van der Waals surface area contributed by atoms with Gasteiger partial charge in [0.2, 0.25) is 10.0 Å². The number of rotatable bonds is 10. The third kappa shape index (κ3) is 7.25. The summed E-state index contributed by atoms with van der Waals surface area (Å²) in [7, 11) is -7.87. The van der Waals surface area contributed by atoms with Crippen molar-refractivity contribution in [2.45, 2.75) is 48.9 Å². The van der Waals surface area contributed by atoms with Gasteiger partial charge in [0.1, 0.15) is 17.3 Å². The first-order chi connectivity index (χ1) is 20.0. The van der Waals surface area contributed by atoms with Crippen LogP contribution in [0.4, 0.5) is 10.1 Å². The highest BCUT2D eigenvalue weighted by molar-refractivity contribution is 7.92. The molecule has 1 atom stereocenters. The molecule has 1 fully saturated rings. The summed E-state index contributed by atoms with van der Waals surface area (Å²) in [6, 6.07) is 19.8. The normalized spacial score (nSPS) is 14.0. The number of benzene rings is 3. The van der Waals surface area contributed by atoms with Crippen molar-refractivity contribution in [3.63, 3.8) is 0 Å². The van der Waals surface area contributed by atoms with Crippen molar-refractivity contribution in [1.82, 2.24) is 4.72 Å². The molecular weight excluding hydrogens is 583 g/mol. The molecule has 1 aliphatic rings. The van der Waals surface area contributed by atoms with Gasteiger partial charge in [0.05, 0.1) is 21.9 Å². The highest BCUT2D eigenvalue weighted by Crippen LogP contribution is 2.48. The van der Waals surface area contributed by atoms with Crippen LogP contribution in [0.15, 0.2) is 104 Å². The molecule has 1 aromatic heterocycles. The van der Waals surface area contributed by atoms with Crippen LogP contribution in [0, 0.1) is 11.7 Å². The molecule has 1 heterocycles. The summed E-state index contributed by atoms with van der Waals surface area (Å²) in [5.74, 6) is -1.55. The van der Waals surface area contributed by atoms with Crippen LogP contribution in [-0.4, -0.2) is 21.9 Å². The van der Waals surface area contributed by atoms with Crippen LogP contribution in [0.2, 0.25) is 0 Å². The summed E-state index contributed by atoms with van der Waals surface area (Å²) in [6.45, 7) is 3.65. The number of sulfonamides is 2. The number of hydrogen-bond acceptors (Lipinski definition) is 7. The molecule has 0 bridgehead atoms. The lowest BCUT2D eigenvalue weighted by atomic mass is 9.87. The fourth-order valence-corrected chi connectivity index (χ4v) is 6.55. The maximum atomic E-state index is 13.2. The quantitative estimate of drug-likeness (QED) is 0.219. The Morgan fingerprint density at radius 3 is 2.14 bits per heavy atom. The van der Waals surface area contributed by atoms with E-state index in [2.05, 4.69) is 9.44 Å². The summed E-state index contributed by atoms with van der Waals surface area (Å²) in [5, 5.41) is 10.9. The Balaban J connectivity index is 0.00000198. The lowest BCUT2D eigenvalue weighted by Gasteiger charge is -2.19. The van der Waals surface area contributed by atoms with Crippen LogP contribution in [0.25, 0.3) is 0 Å². The molecule has 222 valence electrons. The van der Waals surface area contributed by atoms with Crippen LogP contribution in [0.3, 0.4) is 0 Å². The fourth-order valence-electron chi connectivity index (χ4n) is 4.49. The number of hydrogen-bond donors (Lipinski definition) is 3. The SMILES string of the molecule is CC.O=c1oc(CNS(=O)(=O)c2ccccc2)cc(O)c1C(c1cccc(NS(=O)(=O)c2ccc(F)cc2)c1)C1CC1. The Morgan fingerprint density at radius 2 is 1.52 bits per heavy atom. The van der Waals surface area contributed by atoms with Gasteiger partial charge in [-0.05, 0) is 72.9 Å². The van der Waals surface area contributed by atoms with E-state index in [4.69, 9.17) is 4.42 Å². The number of nitrogens with one attached hydrogen (secondary N) is 2. The predicted octanol–water partition coefficient (Wildman–Crippen LogP) is 5.33. The molecule has 1 aliphatic carbocycles. The topological polar surface area (TPSA) is 143 Å². The summed E-state index contributed by atoms with van der Waals surface area (Å²) >= 11 is 0. The third-order valence-electron chi connectivity index (χ3n) is 6.53. The van der Waals surface area contributed by atoms with E-state index in [1.54, 1.807) is 42.5 Å². The molecule has 0 saturated heterocycles. The van der Waals surface area contributed by atoms with E-state index >= 15 is 0 Å². The van der Waals surface area contributed by atoms with Crippen LogP contribution >= 0.6 is 0 Å². The lowest BCUT2D eigenvalue weighted by molar-refractivity contribution is 0.401. The Kier molecular flexibility index (Phi) is 9.50. The number of halogens is 1. The van der Waals surface area contributed by atoms with Crippen molar-refractivity contribution in [1.29, 1.82) is 0 Å². The molecule has 0 aliphatic heterocycles. The van der Waals surface area contributed by atoms with Gasteiger partial charge in [0.15, 0.2) is 0 Å². The Bertz CT molecular complexity index is 1800. The summed E-state index contributed by atoms with van der Waals surface area (Å²) in [4.78, 5) is 13.0. The van der Waals surface area contributed by atoms with Crippen molar-refractivity contribution in [3.8, 4) is 5.75 Å². The summed E-state index contributed by atoms with van der Waals surface area (Å²) in [5.41, 5.74) is 0.00374. The predicted molar refractivity (Wildman–Crippen MR) is 157 cm³/mol. The monoisotopic (exact) mass is 614 g/mol. The third-order valence-corrected chi connectivity index (χ3v) is 9.35. The Morgan fingerprint density at radius 1 is 0.881 bits per heavy atom. The zero-order valence-electron chi connectivity index (χ0n) is 23.0. The van der Waals surface area contributed by atoms with Crippen molar-refractivity contribution >= 4 is 25.7 Å². The Labute approximate surface area is 244 Å². The summed E-state index contributed by atoms with van der Waals surface area (Å²) in [6.07, 6.45) is 1.57. The minimum absolute atomic E-state index is 0.00992. The highest BCUT2D eigenvalue weighted by atomic mass is 32.2. The van der Waals surface area contributed by atoms with E-state index in [0.717, 1.165) is 37.1 Å². The molecule has 0 radical (unpaired) electrons. The molecule has 4 aromatic rings. The average Bonchev–Trinajstić information content (AvgIpc) is 3.81.